The van der Waals surface area contributed by atoms with Crippen LogP contribution in [0.5, 0.6) is 0 Å². The summed E-state index contributed by atoms with van der Waals surface area (Å²) in [6.07, 6.45) is 4.75. The standard InChI is InChI=1S/C12H22N2O2/c1-16-9-10-3-2-6-14(7-10)8-12(15)13-11-4-5-11/h10-11H,2-9H2,1H3,(H,13,15)/t10-/m0/s1. The zero-order chi connectivity index (χ0) is 11.4. The van der Waals surface area contributed by atoms with Gasteiger partial charge in [0.2, 0.25) is 5.91 Å². The zero-order valence-electron chi connectivity index (χ0n) is 10.1. The average molecular weight is 226 g/mol. The van der Waals surface area contributed by atoms with E-state index >= 15 is 0 Å². The molecule has 0 spiro atoms. The fourth-order valence-corrected chi connectivity index (χ4v) is 2.37. The van der Waals surface area contributed by atoms with Crippen LogP contribution in [-0.2, 0) is 9.53 Å². The third kappa shape index (κ3) is 3.76. The van der Waals surface area contributed by atoms with E-state index in [1.807, 2.05) is 0 Å². The van der Waals surface area contributed by atoms with E-state index in [2.05, 4.69) is 10.2 Å². The molecular weight excluding hydrogens is 204 g/mol. The Hall–Kier alpha value is -0.610. The lowest BCUT2D eigenvalue weighted by molar-refractivity contribution is -0.122. The van der Waals surface area contributed by atoms with Crippen molar-refractivity contribution in [2.75, 3.05) is 33.4 Å². The monoisotopic (exact) mass is 226 g/mol. The maximum atomic E-state index is 11.6. The van der Waals surface area contributed by atoms with E-state index in [9.17, 15) is 4.79 Å². The third-order valence-electron chi connectivity index (χ3n) is 3.32. The van der Waals surface area contributed by atoms with E-state index in [1.165, 1.54) is 12.8 Å². The number of amides is 1. The van der Waals surface area contributed by atoms with Crippen molar-refractivity contribution in [3.63, 3.8) is 0 Å². The van der Waals surface area contributed by atoms with Gasteiger partial charge in [-0.15, -0.1) is 0 Å². The summed E-state index contributed by atoms with van der Waals surface area (Å²) in [5, 5.41) is 3.04. The van der Waals surface area contributed by atoms with E-state index in [0.29, 0.717) is 18.5 Å². The Morgan fingerprint density at radius 2 is 2.25 bits per heavy atom. The predicted octanol–water partition coefficient (Wildman–Crippen LogP) is 0.623. The number of methoxy groups -OCH3 is 1. The normalized spacial score (nSPS) is 26.7. The number of hydrogen-bond donors (Lipinski definition) is 1. The molecule has 2 fully saturated rings. The number of ether oxygens (including phenoxy) is 1. The fourth-order valence-electron chi connectivity index (χ4n) is 2.37. The second-order valence-electron chi connectivity index (χ2n) is 5.04. The molecule has 92 valence electrons. The number of nitrogens with zero attached hydrogens (tertiary/aromatic N) is 1. The van der Waals surface area contributed by atoms with Crippen molar-refractivity contribution in [1.29, 1.82) is 0 Å². The highest BCUT2D eigenvalue weighted by Crippen LogP contribution is 2.19. The lowest BCUT2D eigenvalue weighted by Gasteiger charge is -2.31. The van der Waals surface area contributed by atoms with Gasteiger partial charge >= 0.3 is 0 Å². The summed E-state index contributed by atoms with van der Waals surface area (Å²) in [7, 11) is 1.75. The highest BCUT2D eigenvalue weighted by molar-refractivity contribution is 5.78. The van der Waals surface area contributed by atoms with E-state index in [-0.39, 0.29) is 5.91 Å². The molecule has 4 heteroatoms. The summed E-state index contributed by atoms with van der Waals surface area (Å²) in [5.74, 6) is 0.799. The first-order valence-electron chi connectivity index (χ1n) is 6.28. The predicted molar refractivity (Wildman–Crippen MR) is 62.2 cm³/mol. The summed E-state index contributed by atoms with van der Waals surface area (Å²) in [6, 6.07) is 0.479. The second kappa shape index (κ2) is 5.64. The van der Waals surface area contributed by atoms with Crippen molar-refractivity contribution in [3.8, 4) is 0 Å². The van der Waals surface area contributed by atoms with Gasteiger partial charge in [0, 0.05) is 19.7 Å². The van der Waals surface area contributed by atoms with Crippen LogP contribution >= 0.6 is 0 Å². The van der Waals surface area contributed by atoms with Crippen LogP contribution in [0, 0.1) is 5.92 Å². The van der Waals surface area contributed by atoms with Crippen LogP contribution in [0.2, 0.25) is 0 Å². The summed E-state index contributed by atoms with van der Waals surface area (Å²) < 4.78 is 5.18. The summed E-state index contributed by atoms with van der Waals surface area (Å²) in [5.41, 5.74) is 0. The smallest absolute Gasteiger partial charge is 0.234 e. The highest BCUT2D eigenvalue weighted by Gasteiger charge is 2.26. The molecule has 1 atom stereocenters. The van der Waals surface area contributed by atoms with E-state index in [0.717, 1.165) is 32.5 Å². The number of carbonyl (C=O) groups is 1. The number of carbonyl (C=O) groups excluding carboxylic acids is 1. The largest absolute Gasteiger partial charge is 0.384 e. The number of piperidine rings is 1. The lowest BCUT2D eigenvalue weighted by Crippen LogP contribution is -2.43. The Labute approximate surface area is 97.3 Å². The summed E-state index contributed by atoms with van der Waals surface area (Å²) >= 11 is 0. The van der Waals surface area contributed by atoms with Crippen LogP contribution in [0.4, 0.5) is 0 Å². The van der Waals surface area contributed by atoms with E-state index in [4.69, 9.17) is 4.74 Å². The first-order chi connectivity index (χ1) is 7.78. The van der Waals surface area contributed by atoms with Crippen LogP contribution in [0.15, 0.2) is 0 Å². The van der Waals surface area contributed by atoms with Gasteiger partial charge in [0.15, 0.2) is 0 Å². The number of likely N-dealkylation sites (tertiary alicyclic amines) is 1. The molecular formula is C12H22N2O2. The topological polar surface area (TPSA) is 41.6 Å². The Kier molecular flexibility index (Phi) is 4.18. The number of hydrogen-bond acceptors (Lipinski definition) is 3. The molecule has 0 unspecified atom stereocenters. The minimum Gasteiger partial charge on any atom is -0.384 e. The SMILES string of the molecule is COC[C@H]1CCCN(CC(=O)NC2CC2)C1. The molecule has 0 aromatic heterocycles. The molecule has 1 N–H and O–H groups in total. The van der Waals surface area contributed by atoms with Crippen molar-refractivity contribution in [2.24, 2.45) is 5.92 Å². The molecule has 1 amide bonds. The van der Waals surface area contributed by atoms with Crippen molar-refractivity contribution >= 4 is 5.91 Å². The summed E-state index contributed by atoms with van der Waals surface area (Å²) in [4.78, 5) is 13.9. The van der Waals surface area contributed by atoms with Gasteiger partial charge in [0.05, 0.1) is 13.2 Å². The van der Waals surface area contributed by atoms with Crippen molar-refractivity contribution < 1.29 is 9.53 Å². The molecule has 0 aromatic rings. The molecule has 2 rings (SSSR count). The maximum absolute atomic E-state index is 11.6. The molecule has 2 aliphatic rings. The molecule has 1 saturated heterocycles. The van der Waals surface area contributed by atoms with Crippen molar-refractivity contribution in [2.45, 2.75) is 31.7 Å². The van der Waals surface area contributed by atoms with Gasteiger partial charge in [-0.25, -0.2) is 0 Å². The molecule has 1 heterocycles. The van der Waals surface area contributed by atoms with Gasteiger partial charge in [-0.1, -0.05) is 0 Å². The molecule has 16 heavy (non-hydrogen) atoms. The second-order valence-corrected chi connectivity index (χ2v) is 5.04. The maximum Gasteiger partial charge on any atom is 0.234 e. The van der Waals surface area contributed by atoms with Crippen molar-refractivity contribution in [3.05, 3.63) is 0 Å². The van der Waals surface area contributed by atoms with Crippen LogP contribution in [0.3, 0.4) is 0 Å². The van der Waals surface area contributed by atoms with E-state index < -0.39 is 0 Å². The molecule has 4 nitrogen and oxygen atoms in total. The highest BCUT2D eigenvalue weighted by atomic mass is 16.5. The van der Waals surface area contributed by atoms with Gasteiger partial charge < -0.3 is 10.1 Å². The van der Waals surface area contributed by atoms with Crippen LogP contribution in [0.1, 0.15) is 25.7 Å². The third-order valence-corrected chi connectivity index (χ3v) is 3.32. The quantitative estimate of drug-likeness (QED) is 0.747. The molecule has 1 aliphatic heterocycles. The minimum atomic E-state index is 0.195. The Bertz CT molecular complexity index is 239. The Balaban J connectivity index is 1.69. The Morgan fingerprint density at radius 3 is 2.94 bits per heavy atom. The molecule has 1 aliphatic carbocycles. The number of rotatable bonds is 5. The Morgan fingerprint density at radius 1 is 1.44 bits per heavy atom. The van der Waals surface area contributed by atoms with Gasteiger partial charge in [0.1, 0.15) is 0 Å². The lowest BCUT2D eigenvalue weighted by atomic mass is 9.99. The molecule has 0 radical (unpaired) electrons. The minimum absolute atomic E-state index is 0.195. The van der Waals surface area contributed by atoms with Gasteiger partial charge in [-0.3, -0.25) is 9.69 Å². The van der Waals surface area contributed by atoms with E-state index in [1.54, 1.807) is 7.11 Å². The molecule has 0 aromatic carbocycles. The first-order valence-corrected chi connectivity index (χ1v) is 6.28. The van der Waals surface area contributed by atoms with Crippen LogP contribution < -0.4 is 5.32 Å². The van der Waals surface area contributed by atoms with Crippen LogP contribution in [0.25, 0.3) is 0 Å². The molecule has 1 saturated carbocycles. The van der Waals surface area contributed by atoms with Gasteiger partial charge in [-0.2, -0.15) is 0 Å². The fraction of sp³-hybridized carbons (Fsp3) is 0.917. The number of nitrogens with one attached hydrogen (secondary N) is 1. The summed E-state index contributed by atoms with van der Waals surface area (Å²) in [6.45, 7) is 3.45. The van der Waals surface area contributed by atoms with Crippen LogP contribution in [-0.4, -0.2) is 50.2 Å². The molecule has 0 bridgehead atoms. The van der Waals surface area contributed by atoms with Crippen molar-refractivity contribution in [1.82, 2.24) is 10.2 Å². The average Bonchev–Trinajstić information content (AvgIpc) is 3.02. The first kappa shape index (κ1) is 11.9. The zero-order valence-corrected chi connectivity index (χ0v) is 10.1. The van der Waals surface area contributed by atoms with Gasteiger partial charge in [0.25, 0.3) is 0 Å². The van der Waals surface area contributed by atoms with Gasteiger partial charge in [-0.05, 0) is 38.1 Å².